The van der Waals surface area contributed by atoms with Crippen LogP contribution in [0.25, 0.3) is 0 Å². The number of benzene rings is 1. The molecule has 1 fully saturated rings. The lowest BCUT2D eigenvalue weighted by Crippen LogP contribution is -2.35. The van der Waals surface area contributed by atoms with E-state index in [2.05, 4.69) is 10.6 Å². The van der Waals surface area contributed by atoms with Crippen LogP contribution in [0.2, 0.25) is 0 Å². The lowest BCUT2D eigenvalue weighted by molar-refractivity contribution is -0.123. The van der Waals surface area contributed by atoms with Crippen LogP contribution in [0.1, 0.15) is 27.2 Å². The fourth-order valence-electron chi connectivity index (χ4n) is 2.59. The van der Waals surface area contributed by atoms with E-state index < -0.39 is 5.79 Å². The molecule has 1 unspecified atom stereocenters. The van der Waals surface area contributed by atoms with Crippen molar-refractivity contribution in [3.63, 3.8) is 0 Å². The van der Waals surface area contributed by atoms with E-state index >= 15 is 0 Å². The Balaban J connectivity index is 1.75. The van der Waals surface area contributed by atoms with Gasteiger partial charge in [0.1, 0.15) is 0 Å². The molecule has 0 spiro atoms. The van der Waals surface area contributed by atoms with E-state index in [0.717, 1.165) is 25.2 Å². The number of ether oxygens (including phenoxy) is 2. The van der Waals surface area contributed by atoms with Gasteiger partial charge in [-0.3, -0.25) is 4.79 Å². The van der Waals surface area contributed by atoms with Gasteiger partial charge in [0.2, 0.25) is 11.7 Å². The van der Waals surface area contributed by atoms with Crippen molar-refractivity contribution in [2.24, 2.45) is 5.41 Å². The first-order valence-electron chi connectivity index (χ1n) is 6.92. The fraction of sp³-hybridized carbons (Fsp3) is 0.533. The van der Waals surface area contributed by atoms with Crippen molar-refractivity contribution in [2.75, 3.05) is 18.4 Å². The Kier molecular flexibility index (Phi) is 2.90. The van der Waals surface area contributed by atoms with Crippen molar-refractivity contribution in [3.8, 4) is 11.5 Å². The number of rotatable bonds is 2. The van der Waals surface area contributed by atoms with Crippen molar-refractivity contribution >= 4 is 11.6 Å². The zero-order chi connectivity index (χ0) is 14.4. The molecule has 2 aliphatic rings. The van der Waals surface area contributed by atoms with Crippen LogP contribution in [0.4, 0.5) is 5.69 Å². The molecule has 1 saturated heterocycles. The molecule has 0 radical (unpaired) electrons. The van der Waals surface area contributed by atoms with Crippen molar-refractivity contribution in [2.45, 2.75) is 33.0 Å². The predicted octanol–water partition coefficient (Wildman–Crippen LogP) is 2.13. The molecule has 5 heteroatoms. The third-order valence-corrected chi connectivity index (χ3v) is 3.83. The van der Waals surface area contributed by atoms with Crippen LogP contribution >= 0.6 is 0 Å². The Labute approximate surface area is 118 Å². The molecule has 0 aliphatic carbocycles. The minimum Gasteiger partial charge on any atom is -0.449 e. The molecule has 2 N–H and O–H groups in total. The molecule has 0 saturated carbocycles. The third-order valence-electron chi connectivity index (χ3n) is 3.83. The van der Waals surface area contributed by atoms with Crippen LogP contribution < -0.4 is 20.1 Å². The molecule has 5 nitrogen and oxygen atoms in total. The minimum absolute atomic E-state index is 0.0422. The first kappa shape index (κ1) is 13.2. The Morgan fingerprint density at radius 3 is 2.70 bits per heavy atom. The zero-order valence-electron chi connectivity index (χ0n) is 12.1. The molecule has 1 aromatic rings. The first-order valence-corrected chi connectivity index (χ1v) is 6.92. The molecule has 20 heavy (non-hydrogen) atoms. The highest BCUT2D eigenvalue weighted by atomic mass is 16.7. The number of nitrogens with one attached hydrogen (secondary N) is 2. The summed E-state index contributed by atoms with van der Waals surface area (Å²) in [5.74, 6) is 0.775. The van der Waals surface area contributed by atoms with Crippen LogP contribution in [0.15, 0.2) is 18.2 Å². The van der Waals surface area contributed by atoms with E-state index in [0.29, 0.717) is 11.5 Å². The number of carbonyl (C=O) groups excluding carboxylic acids is 1. The second-order valence-corrected chi connectivity index (χ2v) is 6.21. The maximum Gasteiger partial charge on any atom is 0.246 e. The van der Waals surface area contributed by atoms with Gasteiger partial charge in [-0.1, -0.05) is 0 Å². The SMILES string of the molecule is CC1(C)Oc2ccc(NC(=O)C3(C)CCNC3)cc2O1. The maximum atomic E-state index is 12.3. The molecule has 2 aliphatic heterocycles. The van der Waals surface area contributed by atoms with Gasteiger partial charge in [-0.25, -0.2) is 0 Å². The molecular weight excluding hydrogens is 256 g/mol. The van der Waals surface area contributed by atoms with Crippen LogP contribution in [-0.4, -0.2) is 24.8 Å². The summed E-state index contributed by atoms with van der Waals surface area (Å²) in [5, 5.41) is 6.19. The summed E-state index contributed by atoms with van der Waals surface area (Å²) in [6, 6.07) is 5.48. The minimum atomic E-state index is -0.647. The van der Waals surface area contributed by atoms with E-state index in [-0.39, 0.29) is 11.3 Å². The molecule has 1 amide bonds. The fourth-order valence-corrected chi connectivity index (χ4v) is 2.59. The normalized spacial score (nSPS) is 26.6. The van der Waals surface area contributed by atoms with Crippen molar-refractivity contribution in [1.82, 2.24) is 5.32 Å². The van der Waals surface area contributed by atoms with Gasteiger partial charge >= 0.3 is 0 Å². The number of carbonyl (C=O) groups is 1. The Bertz CT molecular complexity index is 548. The highest BCUT2D eigenvalue weighted by Crippen LogP contribution is 2.41. The molecule has 1 aromatic carbocycles. The monoisotopic (exact) mass is 276 g/mol. The van der Waals surface area contributed by atoms with E-state index in [1.165, 1.54) is 0 Å². The molecule has 1 atom stereocenters. The number of fused-ring (bicyclic) bond motifs is 1. The Morgan fingerprint density at radius 2 is 2.00 bits per heavy atom. The number of hydrogen-bond donors (Lipinski definition) is 2. The van der Waals surface area contributed by atoms with E-state index in [1.807, 2.05) is 39.0 Å². The van der Waals surface area contributed by atoms with E-state index in [4.69, 9.17) is 9.47 Å². The number of hydrogen-bond acceptors (Lipinski definition) is 4. The number of anilines is 1. The lowest BCUT2D eigenvalue weighted by atomic mass is 9.89. The first-order chi connectivity index (χ1) is 9.38. The number of amides is 1. The van der Waals surface area contributed by atoms with E-state index in [1.54, 1.807) is 0 Å². The van der Waals surface area contributed by atoms with Gasteiger partial charge in [0, 0.05) is 32.1 Å². The second-order valence-electron chi connectivity index (χ2n) is 6.21. The van der Waals surface area contributed by atoms with Crippen LogP contribution in [0.5, 0.6) is 11.5 Å². The topological polar surface area (TPSA) is 59.6 Å². The maximum absolute atomic E-state index is 12.3. The van der Waals surface area contributed by atoms with Crippen molar-refractivity contribution in [1.29, 1.82) is 0 Å². The molecule has 0 bridgehead atoms. The summed E-state index contributed by atoms with van der Waals surface area (Å²) in [4.78, 5) is 12.3. The second kappa shape index (κ2) is 4.38. The summed E-state index contributed by atoms with van der Waals surface area (Å²) in [6.45, 7) is 7.31. The van der Waals surface area contributed by atoms with Gasteiger partial charge in [-0.05, 0) is 32.0 Å². The predicted molar refractivity (Wildman–Crippen MR) is 76.0 cm³/mol. The molecule has 3 rings (SSSR count). The smallest absolute Gasteiger partial charge is 0.246 e. The van der Waals surface area contributed by atoms with Crippen molar-refractivity contribution < 1.29 is 14.3 Å². The van der Waals surface area contributed by atoms with Gasteiger partial charge in [0.25, 0.3) is 0 Å². The zero-order valence-corrected chi connectivity index (χ0v) is 12.1. The quantitative estimate of drug-likeness (QED) is 0.869. The lowest BCUT2D eigenvalue weighted by Gasteiger charge is -2.21. The van der Waals surface area contributed by atoms with Crippen LogP contribution in [0.3, 0.4) is 0 Å². The third kappa shape index (κ3) is 2.33. The summed E-state index contributed by atoms with van der Waals surface area (Å²) in [5.41, 5.74) is 0.401. The molecule has 108 valence electrons. The highest BCUT2D eigenvalue weighted by Gasteiger charge is 2.37. The summed E-state index contributed by atoms with van der Waals surface area (Å²) in [7, 11) is 0. The van der Waals surface area contributed by atoms with Gasteiger partial charge in [0.05, 0.1) is 5.41 Å². The molecular formula is C15H20N2O3. The van der Waals surface area contributed by atoms with Gasteiger partial charge in [0.15, 0.2) is 11.5 Å². The standard InChI is InChI=1S/C15H20N2O3/c1-14(2)19-11-5-4-10(8-12(11)20-14)17-13(18)15(3)6-7-16-9-15/h4-5,8,16H,6-7,9H2,1-3H3,(H,17,18). The van der Waals surface area contributed by atoms with E-state index in [9.17, 15) is 4.79 Å². The van der Waals surface area contributed by atoms with Crippen molar-refractivity contribution in [3.05, 3.63) is 18.2 Å². The average molecular weight is 276 g/mol. The van der Waals surface area contributed by atoms with Gasteiger partial charge in [-0.15, -0.1) is 0 Å². The Morgan fingerprint density at radius 1 is 1.25 bits per heavy atom. The van der Waals surface area contributed by atoms with Gasteiger partial charge < -0.3 is 20.1 Å². The largest absolute Gasteiger partial charge is 0.449 e. The average Bonchev–Trinajstić information content (AvgIpc) is 2.91. The van der Waals surface area contributed by atoms with Crippen LogP contribution in [-0.2, 0) is 4.79 Å². The summed E-state index contributed by atoms with van der Waals surface area (Å²) in [6.07, 6.45) is 0.858. The summed E-state index contributed by atoms with van der Waals surface area (Å²) >= 11 is 0. The Hall–Kier alpha value is -1.75. The molecule has 0 aromatic heterocycles. The van der Waals surface area contributed by atoms with Crippen LogP contribution in [0, 0.1) is 5.41 Å². The van der Waals surface area contributed by atoms with Gasteiger partial charge in [-0.2, -0.15) is 0 Å². The molecule has 2 heterocycles. The summed E-state index contributed by atoms with van der Waals surface area (Å²) < 4.78 is 11.3. The highest BCUT2D eigenvalue weighted by molar-refractivity contribution is 5.95.